The quantitative estimate of drug-likeness (QED) is 0.758. The average Bonchev–Trinajstić information content (AvgIpc) is 2.37. The van der Waals surface area contributed by atoms with Crippen LogP contribution in [0.25, 0.3) is 0 Å². The molecule has 5 heteroatoms. The predicted octanol–water partition coefficient (Wildman–Crippen LogP) is 2.01. The van der Waals surface area contributed by atoms with Crippen molar-refractivity contribution in [3.8, 4) is 11.5 Å². The molecule has 0 N–H and O–H groups in total. The lowest BCUT2D eigenvalue weighted by molar-refractivity contribution is 0.0799. The van der Waals surface area contributed by atoms with Crippen molar-refractivity contribution >= 4 is 17.5 Å². The minimum absolute atomic E-state index is 0.138. The van der Waals surface area contributed by atoms with E-state index in [1.54, 1.807) is 37.3 Å². The molecule has 0 saturated carbocycles. The standard InChI is InChI=1S/C12H16ClNO3/c1-14(7-6-13)12(15)10-8-9(16-2)4-5-11(10)17-3/h4-5,8H,6-7H2,1-3H3. The van der Waals surface area contributed by atoms with Crippen LogP contribution in [0.1, 0.15) is 10.4 Å². The fraction of sp³-hybridized carbons (Fsp3) is 0.417. The second-order valence-electron chi connectivity index (χ2n) is 3.48. The molecule has 0 fully saturated rings. The Morgan fingerprint density at radius 1 is 1.35 bits per heavy atom. The van der Waals surface area contributed by atoms with Crippen LogP contribution in [0.4, 0.5) is 0 Å². The fourth-order valence-electron chi connectivity index (χ4n) is 1.42. The van der Waals surface area contributed by atoms with E-state index in [2.05, 4.69) is 0 Å². The minimum Gasteiger partial charge on any atom is -0.497 e. The number of rotatable bonds is 5. The highest BCUT2D eigenvalue weighted by atomic mass is 35.5. The number of nitrogens with zero attached hydrogens (tertiary/aromatic N) is 1. The second kappa shape index (κ2) is 6.35. The Labute approximate surface area is 106 Å². The number of halogens is 1. The molecule has 0 unspecified atom stereocenters. The van der Waals surface area contributed by atoms with Crippen molar-refractivity contribution in [2.75, 3.05) is 33.7 Å². The van der Waals surface area contributed by atoms with Gasteiger partial charge in [0.25, 0.3) is 5.91 Å². The van der Waals surface area contributed by atoms with Crippen LogP contribution in [0.15, 0.2) is 18.2 Å². The van der Waals surface area contributed by atoms with Crippen LogP contribution in [0.5, 0.6) is 11.5 Å². The molecular weight excluding hydrogens is 242 g/mol. The third kappa shape index (κ3) is 3.27. The molecule has 0 aliphatic carbocycles. The van der Waals surface area contributed by atoms with Crippen LogP contribution in [0, 0.1) is 0 Å². The molecule has 0 bridgehead atoms. The average molecular weight is 258 g/mol. The van der Waals surface area contributed by atoms with Crippen molar-refractivity contribution in [2.45, 2.75) is 0 Å². The normalized spacial score (nSPS) is 9.88. The van der Waals surface area contributed by atoms with E-state index in [-0.39, 0.29) is 5.91 Å². The Bertz CT molecular complexity index is 395. The molecule has 17 heavy (non-hydrogen) atoms. The van der Waals surface area contributed by atoms with Gasteiger partial charge < -0.3 is 14.4 Å². The lowest BCUT2D eigenvalue weighted by atomic mass is 10.1. The van der Waals surface area contributed by atoms with Crippen molar-refractivity contribution in [1.29, 1.82) is 0 Å². The molecular formula is C12H16ClNO3. The van der Waals surface area contributed by atoms with Crippen LogP contribution in [0.3, 0.4) is 0 Å². The summed E-state index contributed by atoms with van der Waals surface area (Å²) in [5.74, 6) is 1.40. The Morgan fingerprint density at radius 3 is 2.59 bits per heavy atom. The first kappa shape index (κ1) is 13.6. The van der Waals surface area contributed by atoms with Crippen molar-refractivity contribution in [1.82, 2.24) is 4.90 Å². The van der Waals surface area contributed by atoms with Gasteiger partial charge in [0.15, 0.2) is 0 Å². The van der Waals surface area contributed by atoms with E-state index in [9.17, 15) is 4.79 Å². The van der Waals surface area contributed by atoms with Gasteiger partial charge in [-0.25, -0.2) is 0 Å². The number of methoxy groups -OCH3 is 2. The first-order valence-electron chi connectivity index (χ1n) is 5.17. The number of hydrogen-bond donors (Lipinski definition) is 0. The van der Waals surface area contributed by atoms with E-state index in [0.29, 0.717) is 29.5 Å². The number of carbonyl (C=O) groups excluding carboxylic acids is 1. The van der Waals surface area contributed by atoms with E-state index in [1.807, 2.05) is 0 Å². The molecule has 0 heterocycles. The summed E-state index contributed by atoms with van der Waals surface area (Å²) in [6, 6.07) is 5.11. The van der Waals surface area contributed by atoms with Gasteiger partial charge in [0.2, 0.25) is 0 Å². The number of carbonyl (C=O) groups is 1. The summed E-state index contributed by atoms with van der Waals surface area (Å²) >= 11 is 5.61. The van der Waals surface area contributed by atoms with Gasteiger partial charge in [-0.3, -0.25) is 4.79 Å². The van der Waals surface area contributed by atoms with Gasteiger partial charge in [0, 0.05) is 19.5 Å². The molecule has 1 amide bonds. The van der Waals surface area contributed by atoms with Crippen molar-refractivity contribution in [3.05, 3.63) is 23.8 Å². The Hall–Kier alpha value is -1.42. The van der Waals surface area contributed by atoms with Gasteiger partial charge in [-0.05, 0) is 18.2 Å². The van der Waals surface area contributed by atoms with Crippen molar-refractivity contribution < 1.29 is 14.3 Å². The molecule has 1 aromatic carbocycles. The SMILES string of the molecule is COc1ccc(OC)c(C(=O)N(C)CCCl)c1. The lowest BCUT2D eigenvalue weighted by Gasteiger charge is -2.17. The Morgan fingerprint density at radius 2 is 2.06 bits per heavy atom. The summed E-state index contributed by atoms with van der Waals surface area (Å²) in [5, 5.41) is 0. The summed E-state index contributed by atoms with van der Waals surface area (Å²) < 4.78 is 10.3. The number of ether oxygens (including phenoxy) is 2. The van der Waals surface area contributed by atoms with Crippen LogP contribution in [0.2, 0.25) is 0 Å². The molecule has 0 saturated heterocycles. The zero-order valence-corrected chi connectivity index (χ0v) is 11.0. The van der Waals surface area contributed by atoms with E-state index in [0.717, 1.165) is 0 Å². The molecule has 0 radical (unpaired) electrons. The van der Waals surface area contributed by atoms with Gasteiger partial charge in [-0.15, -0.1) is 11.6 Å². The molecule has 0 atom stereocenters. The molecule has 94 valence electrons. The molecule has 1 aromatic rings. The molecule has 0 aliphatic rings. The van der Waals surface area contributed by atoms with Crippen molar-refractivity contribution in [3.63, 3.8) is 0 Å². The monoisotopic (exact) mass is 257 g/mol. The minimum atomic E-state index is -0.138. The smallest absolute Gasteiger partial charge is 0.257 e. The number of alkyl halides is 1. The largest absolute Gasteiger partial charge is 0.497 e. The maximum absolute atomic E-state index is 12.1. The van der Waals surface area contributed by atoms with E-state index in [4.69, 9.17) is 21.1 Å². The zero-order chi connectivity index (χ0) is 12.8. The molecule has 0 aromatic heterocycles. The molecule has 4 nitrogen and oxygen atoms in total. The van der Waals surface area contributed by atoms with Gasteiger partial charge in [-0.1, -0.05) is 0 Å². The maximum Gasteiger partial charge on any atom is 0.257 e. The topological polar surface area (TPSA) is 38.8 Å². The van der Waals surface area contributed by atoms with Gasteiger partial charge in [0.1, 0.15) is 11.5 Å². The third-order valence-corrected chi connectivity index (χ3v) is 2.57. The van der Waals surface area contributed by atoms with Crippen molar-refractivity contribution in [2.24, 2.45) is 0 Å². The van der Waals surface area contributed by atoms with E-state index >= 15 is 0 Å². The number of amides is 1. The maximum atomic E-state index is 12.1. The molecule has 0 aliphatic heterocycles. The summed E-state index contributed by atoms with van der Waals surface area (Å²) in [6.07, 6.45) is 0. The van der Waals surface area contributed by atoms with Crippen LogP contribution >= 0.6 is 11.6 Å². The first-order valence-corrected chi connectivity index (χ1v) is 5.71. The van der Waals surface area contributed by atoms with E-state index in [1.165, 1.54) is 7.11 Å². The van der Waals surface area contributed by atoms with Crippen LogP contribution < -0.4 is 9.47 Å². The zero-order valence-electron chi connectivity index (χ0n) is 10.2. The summed E-state index contributed by atoms with van der Waals surface area (Å²) in [5.41, 5.74) is 0.472. The Balaban J connectivity index is 3.05. The summed E-state index contributed by atoms with van der Waals surface area (Å²) in [7, 11) is 4.78. The molecule has 0 spiro atoms. The Kier molecular flexibility index (Phi) is 5.10. The van der Waals surface area contributed by atoms with Crippen LogP contribution in [-0.2, 0) is 0 Å². The molecule has 1 rings (SSSR count). The van der Waals surface area contributed by atoms with Gasteiger partial charge in [-0.2, -0.15) is 0 Å². The highest BCUT2D eigenvalue weighted by Crippen LogP contribution is 2.24. The lowest BCUT2D eigenvalue weighted by Crippen LogP contribution is -2.28. The van der Waals surface area contributed by atoms with Gasteiger partial charge >= 0.3 is 0 Å². The summed E-state index contributed by atoms with van der Waals surface area (Å²) in [4.78, 5) is 13.7. The highest BCUT2D eigenvalue weighted by Gasteiger charge is 2.17. The number of benzene rings is 1. The van der Waals surface area contributed by atoms with E-state index < -0.39 is 0 Å². The predicted molar refractivity (Wildman–Crippen MR) is 67.2 cm³/mol. The first-order chi connectivity index (χ1) is 8.13. The number of hydrogen-bond acceptors (Lipinski definition) is 3. The third-order valence-electron chi connectivity index (χ3n) is 2.40. The fourth-order valence-corrected chi connectivity index (χ4v) is 1.67. The highest BCUT2D eigenvalue weighted by molar-refractivity contribution is 6.18. The van der Waals surface area contributed by atoms with Gasteiger partial charge in [0.05, 0.1) is 19.8 Å². The summed E-state index contributed by atoms with van der Waals surface area (Å²) in [6.45, 7) is 0.487. The van der Waals surface area contributed by atoms with Crippen LogP contribution in [-0.4, -0.2) is 44.5 Å². The second-order valence-corrected chi connectivity index (χ2v) is 3.86.